The molecule has 0 bridgehead atoms. The third kappa shape index (κ3) is 4.05. The van der Waals surface area contributed by atoms with Crippen LogP contribution < -0.4 is 0 Å². The van der Waals surface area contributed by atoms with Crippen molar-refractivity contribution in [3.05, 3.63) is 53.1 Å². The van der Waals surface area contributed by atoms with Gasteiger partial charge in [-0.1, -0.05) is 24.3 Å². The monoisotopic (exact) mass is 311 g/mol. The Balaban J connectivity index is 2.26. The van der Waals surface area contributed by atoms with Crippen LogP contribution in [0.2, 0.25) is 0 Å². The Hall–Kier alpha value is -2.91. The average molecular weight is 311 g/mol. The standard InChI is InChI=1S/C17H17N3O3/c1-19-11-23-12-20(2)17(22)15(16(19)21)8-4-6-13-5-3-7-14(9-13)10-18/h3-9H,11-12H2,1-2H3/b6-4+. The Kier molecular flexibility index (Phi) is 5.28. The molecule has 2 amide bonds. The topological polar surface area (TPSA) is 73.6 Å². The third-order valence-electron chi connectivity index (χ3n) is 3.29. The summed E-state index contributed by atoms with van der Waals surface area (Å²) in [4.78, 5) is 27.2. The van der Waals surface area contributed by atoms with Crippen molar-refractivity contribution in [3.63, 3.8) is 0 Å². The highest BCUT2D eigenvalue weighted by Crippen LogP contribution is 2.11. The van der Waals surface area contributed by atoms with Crippen molar-refractivity contribution in [3.8, 4) is 6.07 Å². The number of carbonyl (C=O) groups excluding carboxylic acids is 2. The molecule has 0 unspecified atom stereocenters. The van der Waals surface area contributed by atoms with Gasteiger partial charge in [0.1, 0.15) is 19.0 Å². The summed E-state index contributed by atoms with van der Waals surface area (Å²) in [5.74, 6) is -0.783. The molecule has 1 saturated heterocycles. The smallest absolute Gasteiger partial charge is 0.261 e. The molecule has 1 aromatic carbocycles. The highest BCUT2D eigenvalue weighted by Gasteiger charge is 2.26. The summed E-state index contributed by atoms with van der Waals surface area (Å²) in [7, 11) is 3.16. The maximum atomic E-state index is 12.3. The molecule has 0 aliphatic carbocycles. The maximum absolute atomic E-state index is 12.3. The van der Waals surface area contributed by atoms with E-state index in [0.29, 0.717) is 5.56 Å². The van der Waals surface area contributed by atoms with E-state index < -0.39 is 11.8 Å². The van der Waals surface area contributed by atoms with Crippen LogP contribution in [0.1, 0.15) is 11.1 Å². The van der Waals surface area contributed by atoms with Crippen LogP contribution in [0.15, 0.2) is 42.0 Å². The van der Waals surface area contributed by atoms with Crippen molar-refractivity contribution < 1.29 is 14.3 Å². The largest absolute Gasteiger partial charge is 0.341 e. The van der Waals surface area contributed by atoms with Crippen molar-refractivity contribution in [2.24, 2.45) is 0 Å². The number of likely N-dealkylation sites (N-methyl/N-ethyl adjacent to an activating group) is 2. The summed E-state index contributed by atoms with van der Waals surface area (Å²) in [6.45, 7) is 0.253. The van der Waals surface area contributed by atoms with Crippen LogP contribution in [0.5, 0.6) is 0 Å². The first-order valence-corrected chi connectivity index (χ1v) is 7.00. The number of hydrogen-bond donors (Lipinski definition) is 0. The highest BCUT2D eigenvalue weighted by atomic mass is 16.5. The lowest BCUT2D eigenvalue weighted by Crippen LogP contribution is -2.42. The fourth-order valence-corrected chi connectivity index (χ4v) is 2.04. The Bertz CT molecular complexity index is 692. The summed E-state index contributed by atoms with van der Waals surface area (Å²) in [5.41, 5.74) is 1.44. The highest BCUT2D eigenvalue weighted by molar-refractivity contribution is 6.18. The minimum atomic E-state index is -0.392. The predicted molar refractivity (Wildman–Crippen MR) is 84.6 cm³/mol. The molecule has 1 aliphatic rings. The molecular weight excluding hydrogens is 294 g/mol. The minimum Gasteiger partial charge on any atom is -0.341 e. The maximum Gasteiger partial charge on any atom is 0.261 e. The van der Waals surface area contributed by atoms with Gasteiger partial charge in [0.05, 0.1) is 11.6 Å². The molecule has 1 aromatic rings. The van der Waals surface area contributed by atoms with Gasteiger partial charge in [-0.2, -0.15) is 5.26 Å². The summed E-state index contributed by atoms with van der Waals surface area (Å²) >= 11 is 0. The molecule has 0 spiro atoms. The van der Waals surface area contributed by atoms with Crippen LogP contribution in [0.25, 0.3) is 6.08 Å². The molecule has 0 radical (unpaired) electrons. The van der Waals surface area contributed by atoms with Gasteiger partial charge in [0, 0.05) is 14.1 Å². The fourth-order valence-electron chi connectivity index (χ4n) is 2.04. The fraction of sp³-hybridized carbons (Fsp3) is 0.235. The zero-order valence-electron chi connectivity index (χ0n) is 13.0. The van der Waals surface area contributed by atoms with Crippen LogP contribution >= 0.6 is 0 Å². The van der Waals surface area contributed by atoms with Gasteiger partial charge in [-0.05, 0) is 23.8 Å². The zero-order valence-corrected chi connectivity index (χ0v) is 13.0. The Labute approximate surface area is 134 Å². The second-order valence-corrected chi connectivity index (χ2v) is 5.15. The van der Waals surface area contributed by atoms with Crippen LogP contribution in [0.3, 0.4) is 0 Å². The second kappa shape index (κ2) is 7.38. The van der Waals surface area contributed by atoms with E-state index in [0.717, 1.165) is 5.56 Å². The van der Waals surface area contributed by atoms with E-state index in [2.05, 4.69) is 6.07 Å². The zero-order chi connectivity index (χ0) is 16.8. The number of benzene rings is 1. The number of nitriles is 1. The van der Waals surface area contributed by atoms with E-state index in [1.807, 2.05) is 6.07 Å². The predicted octanol–water partition coefficient (Wildman–Crippen LogP) is 1.36. The van der Waals surface area contributed by atoms with E-state index in [1.54, 1.807) is 44.4 Å². The summed E-state index contributed by atoms with van der Waals surface area (Å²) in [6.07, 6.45) is 4.86. The van der Waals surface area contributed by atoms with Gasteiger partial charge < -0.3 is 14.5 Å². The van der Waals surface area contributed by atoms with Crippen molar-refractivity contribution in [2.75, 3.05) is 27.6 Å². The van der Waals surface area contributed by atoms with E-state index in [1.165, 1.54) is 15.9 Å². The van der Waals surface area contributed by atoms with Crippen LogP contribution in [0.4, 0.5) is 0 Å². The first kappa shape index (κ1) is 16.5. The Morgan fingerprint density at radius 2 is 1.83 bits per heavy atom. The minimum absolute atomic E-state index is 0.0750. The van der Waals surface area contributed by atoms with Crippen molar-refractivity contribution in [2.45, 2.75) is 0 Å². The second-order valence-electron chi connectivity index (χ2n) is 5.15. The van der Waals surface area contributed by atoms with Crippen molar-refractivity contribution >= 4 is 17.9 Å². The quantitative estimate of drug-likeness (QED) is 0.610. The number of ether oxygens (including phenoxy) is 1. The third-order valence-corrected chi connectivity index (χ3v) is 3.29. The van der Waals surface area contributed by atoms with Crippen LogP contribution in [0, 0.1) is 11.3 Å². The van der Waals surface area contributed by atoms with Gasteiger partial charge >= 0.3 is 0 Å². The lowest BCUT2D eigenvalue weighted by atomic mass is 10.1. The number of rotatable bonds is 2. The van der Waals surface area contributed by atoms with Crippen LogP contribution in [-0.4, -0.2) is 49.2 Å². The van der Waals surface area contributed by atoms with Crippen molar-refractivity contribution in [1.29, 1.82) is 5.26 Å². The first-order valence-electron chi connectivity index (χ1n) is 7.00. The molecule has 0 N–H and O–H groups in total. The molecular formula is C17H17N3O3. The SMILES string of the molecule is CN1COCN(C)C(=O)C(=C/C=C/c2cccc(C#N)c2)C1=O. The molecule has 118 valence electrons. The number of carbonyl (C=O) groups is 2. The summed E-state index contributed by atoms with van der Waals surface area (Å²) in [5, 5.41) is 8.88. The number of allylic oxidation sites excluding steroid dienone is 2. The van der Waals surface area contributed by atoms with Gasteiger partial charge in [0.25, 0.3) is 11.8 Å². The molecule has 23 heavy (non-hydrogen) atoms. The molecule has 1 fully saturated rings. The van der Waals surface area contributed by atoms with E-state index in [-0.39, 0.29) is 19.0 Å². The molecule has 0 saturated carbocycles. The number of hydrogen-bond acceptors (Lipinski definition) is 4. The summed E-state index contributed by atoms with van der Waals surface area (Å²) < 4.78 is 5.22. The number of amides is 2. The van der Waals surface area contributed by atoms with E-state index in [4.69, 9.17) is 10.00 Å². The Morgan fingerprint density at radius 1 is 1.17 bits per heavy atom. The number of nitrogens with zero attached hydrogens (tertiary/aromatic N) is 3. The van der Waals surface area contributed by atoms with Crippen LogP contribution in [-0.2, 0) is 14.3 Å². The molecule has 0 aromatic heterocycles. The molecule has 6 heteroatoms. The van der Waals surface area contributed by atoms with E-state index >= 15 is 0 Å². The average Bonchev–Trinajstić information content (AvgIpc) is 2.57. The van der Waals surface area contributed by atoms with Gasteiger partial charge in [-0.15, -0.1) is 0 Å². The van der Waals surface area contributed by atoms with Gasteiger partial charge in [-0.3, -0.25) is 9.59 Å². The van der Waals surface area contributed by atoms with Gasteiger partial charge in [0.15, 0.2) is 0 Å². The molecule has 2 rings (SSSR count). The molecule has 1 heterocycles. The molecule has 6 nitrogen and oxygen atoms in total. The lowest BCUT2D eigenvalue weighted by molar-refractivity contribution is -0.145. The molecule has 0 atom stereocenters. The normalized spacial score (nSPS) is 16.3. The molecule has 1 aliphatic heterocycles. The van der Waals surface area contributed by atoms with Gasteiger partial charge in [0.2, 0.25) is 0 Å². The Morgan fingerprint density at radius 3 is 2.43 bits per heavy atom. The lowest BCUT2D eigenvalue weighted by Gasteiger charge is -2.26. The summed E-state index contributed by atoms with van der Waals surface area (Å²) in [6, 6.07) is 9.11. The van der Waals surface area contributed by atoms with Gasteiger partial charge in [-0.25, -0.2) is 0 Å². The first-order chi connectivity index (χ1) is 11.0. The van der Waals surface area contributed by atoms with Crippen molar-refractivity contribution in [1.82, 2.24) is 9.80 Å². The van der Waals surface area contributed by atoms with E-state index in [9.17, 15) is 9.59 Å².